The van der Waals surface area contributed by atoms with E-state index in [4.69, 9.17) is 9.47 Å². The Labute approximate surface area is 226 Å². The van der Waals surface area contributed by atoms with Crippen LogP contribution in [0.4, 0.5) is 21.1 Å². The molecule has 3 aromatic rings. The highest BCUT2D eigenvalue weighted by Crippen LogP contribution is 2.13. The van der Waals surface area contributed by atoms with Crippen molar-refractivity contribution >= 4 is 29.6 Å². The summed E-state index contributed by atoms with van der Waals surface area (Å²) in [5.41, 5.74) is 1.54. The van der Waals surface area contributed by atoms with Gasteiger partial charge in [-0.05, 0) is 63.9 Å². The summed E-state index contributed by atoms with van der Waals surface area (Å²) in [6, 6.07) is 15.6. The fourth-order valence-electron chi connectivity index (χ4n) is 3.48. The number of nitrogens with one attached hydrogen (secondary N) is 3. The molecule has 3 rings (SSSR count). The standard InChI is InChI=1S/C28H33N5O6/c1-18-11-13-22(31-26(36)38-17-20-9-7-6-8-10-20)25(35)33(18)16-24(34)29-15-21-12-14-23(30-19(21)2)32-27(37)39-28(3,4)5/h6-14H,15-17H2,1-5H3,(H,29,34)(H,31,36)(H,30,32,37). The molecule has 0 aliphatic heterocycles. The van der Waals surface area contributed by atoms with Gasteiger partial charge in [-0.1, -0.05) is 36.4 Å². The molecule has 2 aromatic heterocycles. The van der Waals surface area contributed by atoms with E-state index in [2.05, 4.69) is 20.9 Å². The van der Waals surface area contributed by atoms with Gasteiger partial charge in [0.15, 0.2) is 0 Å². The van der Waals surface area contributed by atoms with Crippen LogP contribution < -0.4 is 21.5 Å². The molecule has 0 bridgehead atoms. The summed E-state index contributed by atoms with van der Waals surface area (Å²) in [7, 11) is 0. The highest BCUT2D eigenvalue weighted by atomic mass is 16.6. The minimum absolute atomic E-state index is 0.000387. The summed E-state index contributed by atoms with van der Waals surface area (Å²) >= 11 is 0. The molecule has 3 N–H and O–H groups in total. The average Bonchev–Trinajstić information content (AvgIpc) is 2.86. The fourth-order valence-corrected chi connectivity index (χ4v) is 3.48. The summed E-state index contributed by atoms with van der Waals surface area (Å²) in [6.45, 7) is 8.72. The van der Waals surface area contributed by atoms with E-state index in [1.54, 1.807) is 52.8 Å². The molecule has 0 aliphatic rings. The molecule has 1 aromatic carbocycles. The van der Waals surface area contributed by atoms with Crippen molar-refractivity contribution in [1.82, 2.24) is 14.9 Å². The van der Waals surface area contributed by atoms with Crippen LogP contribution in [0.2, 0.25) is 0 Å². The third-order valence-corrected chi connectivity index (χ3v) is 5.44. The van der Waals surface area contributed by atoms with Gasteiger partial charge in [0.1, 0.15) is 30.3 Å². The van der Waals surface area contributed by atoms with Crippen LogP contribution in [0, 0.1) is 13.8 Å². The van der Waals surface area contributed by atoms with Crippen molar-refractivity contribution in [2.75, 3.05) is 10.6 Å². The molecule has 206 valence electrons. The SMILES string of the molecule is Cc1nc(NC(=O)OC(C)(C)C)ccc1CNC(=O)Cn1c(C)ccc(NC(=O)OCc2ccccc2)c1=O. The number of ether oxygens (including phenoxy) is 2. The number of benzene rings is 1. The lowest BCUT2D eigenvalue weighted by molar-refractivity contribution is -0.121. The van der Waals surface area contributed by atoms with Crippen LogP contribution in [0.25, 0.3) is 0 Å². The number of pyridine rings is 2. The van der Waals surface area contributed by atoms with E-state index in [-0.39, 0.29) is 25.4 Å². The summed E-state index contributed by atoms with van der Waals surface area (Å²) in [4.78, 5) is 54.1. The zero-order valence-electron chi connectivity index (χ0n) is 22.7. The van der Waals surface area contributed by atoms with E-state index in [1.807, 2.05) is 30.3 Å². The van der Waals surface area contributed by atoms with Crippen LogP contribution in [-0.4, -0.2) is 33.2 Å². The first-order valence-electron chi connectivity index (χ1n) is 12.3. The van der Waals surface area contributed by atoms with Crippen LogP contribution in [-0.2, 0) is 34.0 Å². The van der Waals surface area contributed by atoms with Crippen molar-refractivity contribution in [3.63, 3.8) is 0 Å². The first kappa shape index (κ1) is 28.9. The topological polar surface area (TPSA) is 141 Å². The lowest BCUT2D eigenvalue weighted by Gasteiger charge is -2.19. The molecule has 39 heavy (non-hydrogen) atoms. The Morgan fingerprint density at radius 2 is 1.64 bits per heavy atom. The van der Waals surface area contributed by atoms with Crippen molar-refractivity contribution in [2.45, 2.75) is 59.9 Å². The number of rotatable bonds is 8. The molecule has 11 heteroatoms. The first-order chi connectivity index (χ1) is 18.4. The van der Waals surface area contributed by atoms with Crippen LogP contribution in [0.15, 0.2) is 59.4 Å². The highest BCUT2D eigenvalue weighted by molar-refractivity contribution is 5.84. The summed E-state index contributed by atoms with van der Waals surface area (Å²) in [5, 5.41) is 7.79. The first-order valence-corrected chi connectivity index (χ1v) is 12.3. The van der Waals surface area contributed by atoms with E-state index in [0.717, 1.165) is 11.1 Å². The number of hydrogen-bond acceptors (Lipinski definition) is 7. The van der Waals surface area contributed by atoms with E-state index in [0.29, 0.717) is 17.2 Å². The van der Waals surface area contributed by atoms with Crippen LogP contribution in [0.3, 0.4) is 0 Å². The third-order valence-electron chi connectivity index (χ3n) is 5.44. The van der Waals surface area contributed by atoms with Gasteiger partial charge < -0.3 is 19.4 Å². The van der Waals surface area contributed by atoms with Crippen molar-refractivity contribution in [3.8, 4) is 0 Å². The molecular weight excluding hydrogens is 502 g/mol. The zero-order chi connectivity index (χ0) is 28.6. The van der Waals surface area contributed by atoms with Crippen molar-refractivity contribution in [1.29, 1.82) is 0 Å². The van der Waals surface area contributed by atoms with Gasteiger partial charge in [-0.25, -0.2) is 14.6 Å². The van der Waals surface area contributed by atoms with Gasteiger partial charge in [0.05, 0.1) is 0 Å². The largest absolute Gasteiger partial charge is 0.444 e. The Morgan fingerprint density at radius 1 is 0.923 bits per heavy atom. The van der Waals surface area contributed by atoms with Gasteiger partial charge in [0.2, 0.25) is 5.91 Å². The maximum atomic E-state index is 12.9. The molecule has 0 aliphatic carbocycles. The molecule has 0 unspecified atom stereocenters. The van der Waals surface area contributed by atoms with Gasteiger partial charge in [-0.15, -0.1) is 0 Å². The van der Waals surface area contributed by atoms with Crippen molar-refractivity contribution < 1.29 is 23.9 Å². The number of carbonyl (C=O) groups is 3. The molecule has 0 spiro atoms. The maximum absolute atomic E-state index is 12.9. The summed E-state index contributed by atoms with van der Waals surface area (Å²) < 4.78 is 11.7. The minimum Gasteiger partial charge on any atom is -0.444 e. The second-order valence-electron chi connectivity index (χ2n) is 9.81. The van der Waals surface area contributed by atoms with E-state index in [1.165, 1.54) is 10.6 Å². The number of hydrogen-bond donors (Lipinski definition) is 3. The quantitative estimate of drug-likeness (QED) is 0.391. The molecule has 0 saturated carbocycles. The minimum atomic E-state index is -0.775. The predicted molar refractivity (Wildman–Crippen MR) is 146 cm³/mol. The smallest absolute Gasteiger partial charge is 0.413 e. The lowest BCUT2D eigenvalue weighted by atomic mass is 10.2. The average molecular weight is 536 g/mol. The monoisotopic (exact) mass is 535 g/mol. The second kappa shape index (κ2) is 12.7. The summed E-state index contributed by atoms with van der Waals surface area (Å²) in [5.74, 6) is -0.0787. The Kier molecular flexibility index (Phi) is 9.43. The Balaban J connectivity index is 1.57. The molecule has 3 amide bonds. The number of aryl methyl sites for hydroxylation is 2. The third kappa shape index (κ3) is 8.99. The van der Waals surface area contributed by atoms with Gasteiger partial charge in [0, 0.05) is 17.9 Å². The normalized spacial score (nSPS) is 10.9. The highest BCUT2D eigenvalue weighted by Gasteiger charge is 2.17. The van der Waals surface area contributed by atoms with Crippen LogP contribution in [0.5, 0.6) is 0 Å². The number of aromatic nitrogens is 2. The van der Waals surface area contributed by atoms with Gasteiger partial charge in [0.25, 0.3) is 5.56 Å². The molecule has 2 heterocycles. The Bertz CT molecular complexity index is 1400. The Hall–Kier alpha value is -4.67. The molecule has 0 saturated heterocycles. The van der Waals surface area contributed by atoms with E-state index in [9.17, 15) is 19.2 Å². The molecule has 11 nitrogen and oxygen atoms in total. The summed E-state index contributed by atoms with van der Waals surface area (Å²) in [6.07, 6.45) is -1.39. The predicted octanol–water partition coefficient (Wildman–Crippen LogP) is 4.27. The van der Waals surface area contributed by atoms with E-state index < -0.39 is 29.3 Å². The van der Waals surface area contributed by atoms with Crippen molar-refractivity contribution in [3.05, 3.63) is 87.5 Å². The van der Waals surface area contributed by atoms with Crippen LogP contribution in [0.1, 0.15) is 43.3 Å². The van der Waals surface area contributed by atoms with Gasteiger partial charge in [-0.3, -0.25) is 20.2 Å². The van der Waals surface area contributed by atoms with Gasteiger partial charge in [-0.2, -0.15) is 0 Å². The van der Waals surface area contributed by atoms with E-state index >= 15 is 0 Å². The number of anilines is 2. The number of carbonyl (C=O) groups excluding carboxylic acids is 3. The fraction of sp³-hybridized carbons (Fsp3) is 0.321. The zero-order valence-corrected chi connectivity index (χ0v) is 22.7. The molecule has 0 fully saturated rings. The lowest BCUT2D eigenvalue weighted by Crippen LogP contribution is -2.34. The molecule has 0 atom stereocenters. The molecule has 0 radical (unpaired) electrons. The maximum Gasteiger partial charge on any atom is 0.413 e. The second-order valence-corrected chi connectivity index (χ2v) is 9.81. The van der Waals surface area contributed by atoms with Crippen LogP contribution >= 0.6 is 0 Å². The van der Waals surface area contributed by atoms with Crippen molar-refractivity contribution in [2.24, 2.45) is 0 Å². The number of nitrogens with zero attached hydrogens (tertiary/aromatic N) is 2. The van der Waals surface area contributed by atoms with Gasteiger partial charge >= 0.3 is 12.2 Å². The number of amides is 3. The molecular formula is C28H33N5O6. The Morgan fingerprint density at radius 3 is 2.31 bits per heavy atom.